The van der Waals surface area contributed by atoms with Gasteiger partial charge in [0.25, 0.3) is 0 Å². The van der Waals surface area contributed by atoms with Gasteiger partial charge in [-0.2, -0.15) is 0 Å². The van der Waals surface area contributed by atoms with E-state index < -0.39 is 0 Å². The van der Waals surface area contributed by atoms with Crippen molar-refractivity contribution in [2.24, 2.45) is 0 Å². The van der Waals surface area contributed by atoms with Gasteiger partial charge in [0.1, 0.15) is 0 Å². The van der Waals surface area contributed by atoms with Crippen LogP contribution in [0.1, 0.15) is 33.4 Å². The Hall–Kier alpha value is -6.90. The Kier molecular flexibility index (Phi) is 9.63. The first-order valence-corrected chi connectivity index (χ1v) is 20.2. The van der Waals surface area contributed by atoms with E-state index in [1.807, 2.05) is 0 Å². The Morgan fingerprint density at radius 3 is 0.707 bits per heavy atom. The predicted octanol–water partition coefficient (Wildman–Crippen LogP) is 16.1. The lowest BCUT2D eigenvalue weighted by molar-refractivity contribution is 1.27. The molecule has 0 aliphatic rings. The molecule has 0 radical (unpaired) electrons. The van der Waals surface area contributed by atoms with E-state index in [9.17, 15) is 0 Å². The van der Waals surface area contributed by atoms with Gasteiger partial charge in [0.2, 0.25) is 0 Å². The number of anilines is 6. The van der Waals surface area contributed by atoms with Gasteiger partial charge in [-0.25, -0.2) is 0 Å². The van der Waals surface area contributed by atoms with Crippen molar-refractivity contribution in [2.45, 2.75) is 41.5 Å². The smallest absolute Gasteiger partial charge is 0.0468 e. The Balaban J connectivity index is 1.37. The summed E-state index contributed by atoms with van der Waals surface area (Å²) in [6.45, 7) is 12.9. The maximum atomic E-state index is 2.42. The summed E-state index contributed by atoms with van der Waals surface area (Å²) in [5.41, 5.74) is 19.1. The minimum absolute atomic E-state index is 1.12. The van der Waals surface area contributed by atoms with Crippen LogP contribution in [-0.2, 0) is 0 Å². The number of fused-ring (bicyclic) bond motifs is 2. The summed E-state index contributed by atoms with van der Waals surface area (Å²) in [6.07, 6.45) is 0. The van der Waals surface area contributed by atoms with Crippen molar-refractivity contribution in [2.75, 3.05) is 9.80 Å². The van der Waals surface area contributed by atoms with Gasteiger partial charge >= 0.3 is 0 Å². The van der Waals surface area contributed by atoms with Crippen molar-refractivity contribution in [3.63, 3.8) is 0 Å². The zero-order valence-corrected chi connectivity index (χ0v) is 34.2. The maximum Gasteiger partial charge on any atom is 0.0468 e. The molecule has 0 unspecified atom stereocenters. The van der Waals surface area contributed by atoms with Crippen molar-refractivity contribution in [1.29, 1.82) is 0 Å². The topological polar surface area (TPSA) is 6.48 Å². The molecule has 0 aliphatic carbocycles. The number of nitrogens with zero attached hydrogens (tertiary/aromatic N) is 2. The summed E-state index contributed by atoms with van der Waals surface area (Å²) in [5, 5.41) is 4.88. The molecule has 9 aromatic carbocycles. The van der Waals surface area contributed by atoms with Crippen molar-refractivity contribution < 1.29 is 0 Å². The highest BCUT2D eigenvalue weighted by Crippen LogP contribution is 2.48. The summed E-state index contributed by atoms with van der Waals surface area (Å²) in [5.74, 6) is 0. The highest BCUT2D eigenvalue weighted by molar-refractivity contribution is 6.22. The second kappa shape index (κ2) is 15.2. The first-order chi connectivity index (χ1) is 28.2. The van der Waals surface area contributed by atoms with E-state index in [0.717, 1.165) is 34.1 Å². The van der Waals surface area contributed by atoms with Gasteiger partial charge in [0.05, 0.1) is 0 Å². The van der Waals surface area contributed by atoms with Crippen LogP contribution in [0, 0.1) is 41.5 Å². The molecule has 0 saturated carbocycles. The number of aryl methyl sites for hydroxylation is 6. The van der Waals surface area contributed by atoms with E-state index in [1.54, 1.807) is 0 Å². The molecule has 0 amide bonds. The van der Waals surface area contributed by atoms with Gasteiger partial charge in [0, 0.05) is 34.1 Å². The molecule has 58 heavy (non-hydrogen) atoms. The molecule has 9 aromatic rings. The highest BCUT2D eigenvalue weighted by atomic mass is 15.1. The Morgan fingerprint density at radius 1 is 0.224 bits per heavy atom. The van der Waals surface area contributed by atoms with E-state index in [-0.39, 0.29) is 0 Å². The second-order valence-electron chi connectivity index (χ2n) is 16.0. The van der Waals surface area contributed by atoms with Gasteiger partial charge < -0.3 is 9.80 Å². The summed E-state index contributed by atoms with van der Waals surface area (Å²) in [6, 6.07) is 67.7. The maximum absolute atomic E-state index is 2.42. The van der Waals surface area contributed by atoms with Gasteiger partial charge in [0.15, 0.2) is 0 Å². The van der Waals surface area contributed by atoms with Crippen LogP contribution in [0.2, 0.25) is 0 Å². The number of rotatable bonds is 8. The molecule has 0 heterocycles. The van der Waals surface area contributed by atoms with Crippen LogP contribution >= 0.6 is 0 Å². The molecule has 0 aliphatic heterocycles. The summed E-state index contributed by atoms with van der Waals surface area (Å²) >= 11 is 0. The molecule has 282 valence electrons. The fourth-order valence-corrected chi connectivity index (χ4v) is 8.21. The predicted molar refractivity (Wildman–Crippen MR) is 250 cm³/mol. The van der Waals surface area contributed by atoms with E-state index in [1.165, 1.54) is 77.2 Å². The van der Waals surface area contributed by atoms with Gasteiger partial charge in [-0.05, 0) is 158 Å². The Morgan fingerprint density at radius 2 is 0.448 bits per heavy atom. The zero-order valence-electron chi connectivity index (χ0n) is 34.2. The first-order valence-electron chi connectivity index (χ1n) is 20.2. The van der Waals surface area contributed by atoms with E-state index >= 15 is 0 Å². The van der Waals surface area contributed by atoms with Crippen LogP contribution in [0.5, 0.6) is 0 Å². The zero-order chi connectivity index (χ0) is 39.9. The summed E-state index contributed by atoms with van der Waals surface area (Å²) < 4.78 is 0. The van der Waals surface area contributed by atoms with Gasteiger partial charge in [-0.15, -0.1) is 0 Å². The molecule has 2 heteroatoms. The molecule has 0 atom stereocenters. The van der Waals surface area contributed by atoms with Crippen LogP contribution in [0.15, 0.2) is 182 Å². The summed E-state index contributed by atoms with van der Waals surface area (Å²) in [7, 11) is 0. The van der Waals surface area contributed by atoms with Gasteiger partial charge in [-0.1, -0.05) is 143 Å². The van der Waals surface area contributed by atoms with Crippen LogP contribution in [-0.4, -0.2) is 0 Å². The monoisotopic (exact) mass is 748 g/mol. The highest BCUT2D eigenvalue weighted by Gasteiger charge is 2.22. The molecule has 0 spiro atoms. The normalized spacial score (nSPS) is 11.3. The standard InChI is InChI=1S/C56H48N2/c1-37-7-19-43(20-8-37)55-51-33-31-50(58(47-27-15-41(5)16-28-47)48-29-17-42(6)18-30-48)36-54(51)56(44-21-9-38(2)10-22-44)52-34-32-49(35-53(52)55)57(45-23-11-39(3)12-24-45)46-25-13-40(4)14-26-46/h7-36H,1-6H3. The molecule has 0 bridgehead atoms. The third-order valence-corrected chi connectivity index (χ3v) is 11.4. The molecule has 2 nitrogen and oxygen atoms in total. The Labute approximate surface area is 343 Å². The molecule has 0 aromatic heterocycles. The lowest BCUT2D eigenvalue weighted by Crippen LogP contribution is -2.10. The molecular formula is C56H48N2. The average molecular weight is 749 g/mol. The molecule has 9 rings (SSSR count). The van der Waals surface area contributed by atoms with Crippen molar-refractivity contribution in [3.05, 3.63) is 215 Å². The average Bonchev–Trinajstić information content (AvgIpc) is 3.24. The van der Waals surface area contributed by atoms with E-state index in [0.29, 0.717) is 0 Å². The number of hydrogen-bond donors (Lipinski definition) is 0. The minimum atomic E-state index is 1.12. The van der Waals surface area contributed by atoms with Crippen molar-refractivity contribution >= 4 is 55.7 Å². The fourth-order valence-electron chi connectivity index (χ4n) is 8.21. The lowest BCUT2D eigenvalue weighted by atomic mass is 9.85. The van der Waals surface area contributed by atoms with Crippen LogP contribution in [0.25, 0.3) is 43.8 Å². The van der Waals surface area contributed by atoms with E-state index in [4.69, 9.17) is 0 Å². The largest absolute Gasteiger partial charge is 0.310 e. The van der Waals surface area contributed by atoms with Crippen molar-refractivity contribution in [1.82, 2.24) is 0 Å². The van der Waals surface area contributed by atoms with Crippen LogP contribution < -0.4 is 9.80 Å². The lowest BCUT2D eigenvalue weighted by Gasteiger charge is -2.28. The molecule has 0 fully saturated rings. The summed E-state index contributed by atoms with van der Waals surface area (Å²) in [4.78, 5) is 4.77. The number of hydrogen-bond acceptors (Lipinski definition) is 2. The number of benzene rings is 9. The fraction of sp³-hybridized carbons (Fsp3) is 0.107. The van der Waals surface area contributed by atoms with Crippen molar-refractivity contribution in [3.8, 4) is 22.3 Å². The van der Waals surface area contributed by atoms with E-state index in [2.05, 4.69) is 233 Å². The third-order valence-electron chi connectivity index (χ3n) is 11.4. The SMILES string of the molecule is Cc1ccc(-c2c3ccc(N(c4ccc(C)cc4)c4ccc(C)cc4)cc3c(-c3ccc(C)cc3)c3ccc(N(c4ccc(C)cc4)c4ccc(C)cc4)cc23)cc1. The third kappa shape index (κ3) is 7.03. The first kappa shape index (κ1) is 36.7. The van der Waals surface area contributed by atoms with Crippen LogP contribution in [0.3, 0.4) is 0 Å². The van der Waals surface area contributed by atoms with Gasteiger partial charge in [-0.3, -0.25) is 0 Å². The molecule has 0 saturated heterocycles. The molecule has 0 N–H and O–H groups in total. The minimum Gasteiger partial charge on any atom is -0.310 e. The van der Waals surface area contributed by atoms with Crippen LogP contribution in [0.4, 0.5) is 34.1 Å². The molecular weight excluding hydrogens is 701 g/mol. The Bertz CT molecular complexity index is 2590. The quantitative estimate of drug-likeness (QED) is 0.143. The second-order valence-corrected chi connectivity index (χ2v) is 16.0.